The van der Waals surface area contributed by atoms with Gasteiger partial charge in [0, 0.05) is 9.26 Å². The average molecular weight is 466 g/mol. The zero-order chi connectivity index (χ0) is 19.1. The number of aryl methyl sites for hydroxylation is 2. The Balaban J connectivity index is 1.79. The summed E-state index contributed by atoms with van der Waals surface area (Å²) in [5, 5.41) is 5.21. The zero-order valence-electron chi connectivity index (χ0n) is 14.5. The molecule has 0 aliphatic rings. The van der Waals surface area contributed by atoms with Gasteiger partial charge in [-0.3, -0.25) is 14.4 Å². The highest BCUT2D eigenvalue weighted by Gasteiger charge is 2.13. The van der Waals surface area contributed by atoms with Gasteiger partial charge < -0.3 is 15.4 Å². The molecule has 136 valence electrons. The lowest BCUT2D eigenvalue weighted by Gasteiger charge is -2.12. The van der Waals surface area contributed by atoms with Gasteiger partial charge in [0.2, 0.25) is 0 Å². The van der Waals surface area contributed by atoms with Crippen LogP contribution in [0.3, 0.4) is 0 Å². The molecule has 2 aromatic carbocycles. The molecule has 0 saturated heterocycles. The maximum absolute atomic E-state index is 12.0. The van der Waals surface area contributed by atoms with Crippen LogP contribution in [-0.4, -0.2) is 30.9 Å². The molecule has 7 heteroatoms. The lowest BCUT2D eigenvalue weighted by Crippen LogP contribution is -2.32. The van der Waals surface area contributed by atoms with E-state index in [1.165, 1.54) is 0 Å². The van der Waals surface area contributed by atoms with Crippen LogP contribution >= 0.6 is 22.6 Å². The van der Waals surface area contributed by atoms with Gasteiger partial charge in [0.15, 0.2) is 6.61 Å². The Hall–Kier alpha value is -2.42. The largest absolute Gasteiger partial charge is 0.454 e. The fourth-order valence-electron chi connectivity index (χ4n) is 2.28. The number of hydrogen-bond donors (Lipinski definition) is 2. The summed E-state index contributed by atoms with van der Waals surface area (Å²) >= 11 is 2.04. The van der Waals surface area contributed by atoms with E-state index in [1.807, 2.05) is 60.7 Å². The Bertz CT molecular complexity index is 816. The molecule has 0 radical (unpaired) electrons. The number of hydrogen-bond acceptors (Lipinski definition) is 4. The van der Waals surface area contributed by atoms with E-state index in [4.69, 9.17) is 4.74 Å². The first kappa shape index (κ1) is 19.9. The number of carbonyl (C=O) groups excluding carboxylic acids is 3. The van der Waals surface area contributed by atoms with Crippen LogP contribution in [0.5, 0.6) is 0 Å². The standard InChI is InChI=1S/C19H19IN2O4/c1-12-6-5-7-13(2)18(12)22-16(23)11-26-17(24)10-21-19(25)14-8-3-4-9-15(14)20/h3-9H,10-11H2,1-2H3,(H,21,25)(H,22,23). The third kappa shape index (κ3) is 5.55. The topological polar surface area (TPSA) is 84.5 Å². The van der Waals surface area contributed by atoms with Gasteiger partial charge in [-0.05, 0) is 59.7 Å². The van der Waals surface area contributed by atoms with E-state index in [1.54, 1.807) is 18.2 Å². The van der Waals surface area contributed by atoms with Crippen molar-refractivity contribution in [2.45, 2.75) is 13.8 Å². The first-order valence-corrected chi connectivity index (χ1v) is 9.00. The fraction of sp³-hybridized carbons (Fsp3) is 0.211. The first-order valence-electron chi connectivity index (χ1n) is 7.93. The van der Waals surface area contributed by atoms with Gasteiger partial charge in [-0.15, -0.1) is 0 Å². The number of anilines is 1. The SMILES string of the molecule is Cc1cccc(C)c1NC(=O)COC(=O)CNC(=O)c1ccccc1I. The fourth-order valence-corrected chi connectivity index (χ4v) is 2.91. The zero-order valence-corrected chi connectivity index (χ0v) is 16.6. The van der Waals surface area contributed by atoms with Gasteiger partial charge >= 0.3 is 5.97 Å². The van der Waals surface area contributed by atoms with Crippen LogP contribution in [0.1, 0.15) is 21.5 Å². The number of halogens is 1. The molecule has 0 heterocycles. The molecule has 0 atom stereocenters. The molecule has 2 N–H and O–H groups in total. The summed E-state index contributed by atoms with van der Waals surface area (Å²) in [7, 11) is 0. The minimum absolute atomic E-state index is 0.305. The number of esters is 1. The molecule has 6 nitrogen and oxygen atoms in total. The van der Waals surface area contributed by atoms with Crippen LogP contribution in [-0.2, 0) is 14.3 Å². The number of para-hydroxylation sites is 1. The second-order valence-corrected chi connectivity index (χ2v) is 6.80. The van der Waals surface area contributed by atoms with E-state index in [-0.39, 0.29) is 12.5 Å². The summed E-state index contributed by atoms with van der Waals surface area (Å²) < 4.78 is 5.69. The van der Waals surface area contributed by atoms with E-state index in [0.29, 0.717) is 11.3 Å². The minimum Gasteiger partial charge on any atom is -0.454 e. The Morgan fingerprint density at radius 1 is 1.00 bits per heavy atom. The van der Waals surface area contributed by atoms with Crippen molar-refractivity contribution in [3.8, 4) is 0 Å². The minimum atomic E-state index is -0.680. The van der Waals surface area contributed by atoms with E-state index >= 15 is 0 Å². The Morgan fingerprint density at radius 2 is 1.65 bits per heavy atom. The molecule has 0 aliphatic carbocycles. The molecule has 0 spiro atoms. The monoisotopic (exact) mass is 466 g/mol. The number of amides is 2. The van der Waals surface area contributed by atoms with Crippen molar-refractivity contribution in [1.82, 2.24) is 5.32 Å². The highest BCUT2D eigenvalue weighted by Crippen LogP contribution is 2.19. The van der Waals surface area contributed by atoms with Crippen LogP contribution in [0, 0.1) is 17.4 Å². The number of nitrogens with one attached hydrogen (secondary N) is 2. The molecule has 0 aliphatic heterocycles. The Morgan fingerprint density at radius 3 is 2.31 bits per heavy atom. The van der Waals surface area contributed by atoms with E-state index < -0.39 is 18.5 Å². The normalized spacial score (nSPS) is 10.1. The molecule has 0 unspecified atom stereocenters. The van der Waals surface area contributed by atoms with Crippen LogP contribution in [0.4, 0.5) is 5.69 Å². The lowest BCUT2D eigenvalue weighted by molar-refractivity contribution is -0.146. The van der Waals surface area contributed by atoms with Crippen LogP contribution in [0.25, 0.3) is 0 Å². The maximum Gasteiger partial charge on any atom is 0.325 e. The summed E-state index contributed by atoms with van der Waals surface area (Å²) in [5.74, 6) is -1.48. The van der Waals surface area contributed by atoms with Crippen molar-refractivity contribution in [3.05, 3.63) is 62.7 Å². The molecule has 2 aromatic rings. The van der Waals surface area contributed by atoms with Gasteiger partial charge in [-0.1, -0.05) is 30.3 Å². The maximum atomic E-state index is 12.0. The van der Waals surface area contributed by atoms with E-state index in [9.17, 15) is 14.4 Å². The van der Waals surface area contributed by atoms with E-state index in [0.717, 1.165) is 14.7 Å². The smallest absolute Gasteiger partial charge is 0.325 e. The first-order chi connectivity index (χ1) is 12.4. The highest BCUT2D eigenvalue weighted by molar-refractivity contribution is 14.1. The lowest BCUT2D eigenvalue weighted by atomic mass is 10.1. The molecular weight excluding hydrogens is 447 g/mol. The van der Waals surface area contributed by atoms with Crippen molar-refractivity contribution in [1.29, 1.82) is 0 Å². The summed E-state index contributed by atoms with van der Waals surface area (Å²) in [6, 6.07) is 12.7. The molecule has 0 fully saturated rings. The summed E-state index contributed by atoms with van der Waals surface area (Å²) in [5.41, 5.74) is 3.04. The van der Waals surface area contributed by atoms with Crippen LogP contribution < -0.4 is 10.6 Å². The van der Waals surface area contributed by atoms with Gasteiger partial charge in [0.25, 0.3) is 11.8 Å². The second-order valence-electron chi connectivity index (χ2n) is 5.64. The number of ether oxygens (including phenoxy) is 1. The quantitative estimate of drug-likeness (QED) is 0.507. The van der Waals surface area contributed by atoms with Gasteiger partial charge in [-0.25, -0.2) is 0 Å². The van der Waals surface area contributed by atoms with Crippen molar-refractivity contribution in [2.75, 3.05) is 18.5 Å². The van der Waals surface area contributed by atoms with Crippen molar-refractivity contribution < 1.29 is 19.1 Å². The Kier molecular flexibility index (Phi) is 7.14. The average Bonchev–Trinajstić information content (AvgIpc) is 2.61. The van der Waals surface area contributed by atoms with Crippen molar-refractivity contribution >= 4 is 46.1 Å². The molecule has 2 amide bonds. The van der Waals surface area contributed by atoms with Crippen LogP contribution in [0.2, 0.25) is 0 Å². The molecule has 0 saturated carbocycles. The molecular formula is C19H19IN2O4. The number of benzene rings is 2. The van der Waals surface area contributed by atoms with E-state index in [2.05, 4.69) is 10.6 Å². The third-order valence-electron chi connectivity index (χ3n) is 3.62. The molecule has 0 aromatic heterocycles. The van der Waals surface area contributed by atoms with Gasteiger partial charge in [-0.2, -0.15) is 0 Å². The summed E-state index contributed by atoms with van der Waals surface area (Å²) in [4.78, 5) is 35.7. The second kappa shape index (κ2) is 9.33. The predicted octanol–water partition coefficient (Wildman–Crippen LogP) is 2.82. The van der Waals surface area contributed by atoms with Gasteiger partial charge in [0.05, 0.1) is 5.56 Å². The summed E-state index contributed by atoms with van der Waals surface area (Å²) in [6.45, 7) is 3.05. The highest BCUT2D eigenvalue weighted by atomic mass is 127. The number of carbonyl (C=O) groups is 3. The molecule has 0 bridgehead atoms. The van der Waals surface area contributed by atoms with Gasteiger partial charge in [0.1, 0.15) is 6.54 Å². The molecule has 26 heavy (non-hydrogen) atoms. The number of rotatable bonds is 6. The van der Waals surface area contributed by atoms with Crippen molar-refractivity contribution in [2.24, 2.45) is 0 Å². The Labute approximate surface area is 165 Å². The third-order valence-corrected chi connectivity index (χ3v) is 4.56. The summed E-state index contributed by atoms with van der Waals surface area (Å²) in [6.07, 6.45) is 0. The predicted molar refractivity (Wildman–Crippen MR) is 107 cm³/mol. The molecule has 2 rings (SSSR count). The van der Waals surface area contributed by atoms with Crippen molar-refractivity contribution in [3.63, 3.8) is 0 Å². The van der Waals surface area contributed by atoms with Crippen LogP contribution in [0.15, 0.2) is 42.5 Å².